The number of rotatable bonds is 5. The van der Waals surface area contributed by atoms with Crippen molar-refractivity contribution in [2.45, 2.75) is 37.1 Å². The molecule has 0 saturated carbocycles. The third-order valence-corrected chi connectivity index (χ3v) is 6.00. The van der Waals surface area contributed by atoms with Crippen LogP contribution in [-0.4, -0.2) is 54.4 Å². The Labute approximate surface area is 172 Å². The molecule has 4 rings (SSSR count). The van der Waals surface area contributed by atoms with E-state index in [1.807, 2.05) is 36.4 Å². The molecule has 1 saturated heterocycles. The summed E-state index contributed by atoms with van der Waals surface area (Å²) in [7, 11) is 1.59. The van der Waals surface area contributed by atoms with Gasteiger partial charge >= 0.3 is 6.18 Å². The lowest BCUT2D eigenvalue weighted by Gasteiger charge is -2.59. The van der Waals surface area contributed by atoms with Crippen LogP contribution in [-0.2, 0) is 11.3 Å². The number of carbonyl (C=O) groups excluding carboxylic acids is 1. The highest BCUT2D eigenvalue weighted by Crippen LogP contribution is 2.49. The van der Waals surface area contributed by atoms with Gasteiger partial charge in [0.2, 0.25) is 5.91 Å². The average Bonchev–Trinajstić information content (AvgIpc) is 2.71. The number of aliphatic hydroxyl groups is 1. The molecule has 0 bridgehead atoms. The molecule has 30 heavy (non-hydrogen) atoms. The predicted octanol–water partition coefficient (Wildman–Crippen LogP) is 3.32. The van der Waals surface area contributed by atoms with Gasteiger partial charge < -0.3 is 14.7 Å². The Hall–Kier alpha value is -2.58. The van der Waals surface area contributed by atoms with Crippen LogP contribution >= 0.6 is 0 Å². The molecule has 2 aliphatic heterocycles. The summed E-state index contributed by atoms with van der Waals surface area (Å²) >= 11 is 0. The quantitative estimate of drug-likeness (QED) is 0.807. The van der Waals surface area contributed by atoms with E-state index in [4.69, 9.17) is 4.74 Å². The molecular formula is C22H23F3N2O3. The van der Waals surface area contributed by atoms with Gasteiger partial charge in [0.15, 0.2) is 0 Å². The molecule has 8 heteroatoms. The second kappa shape index (κ2) is 7.92. The summed E-state index contributed by atoms with van der Waals surface area (Å²) in [6.45, 7) is 0.630. The number of amides is 1. The Balaban J connectivity index is 1.61. The first-order valence-electron chi connectivity index (χ1n) is 9.78. The van der Waals surface area contributed by atoms with Crippen LogP contribution in [0.1, 0.15) is 23.5 Å². The van der Waals surface area contributed by atoms with E-state index in [-0.39, 0.29) is 31.2 Å². The number of para-hydroxylation sites is 1. The lowest BCUT2D eigenvalue weighted by Crippen LogP contribution is -2.68. The van der Waals surface area contributed by atoms with Gasteiger partial charge in [0.25, 0.3) is 0 Å². The van der Waals surface area contributed by atoms with Gasteiger partial charge in [-0.1, -0.05) is 30.3 Å². The van der Waals surface area contributed by atoms with Crippen LogP contribution in [0.4, 0.5) is 18.9 Å². The van der Waals surface area contributed by atoms with Crippen LogP contribution in [0.15, 0.2) is 48.5 Å². The Bertz CT molecular complexity index is 917. The van der Waals surface area contributed by atoms with Gasteiger partial charge in [-0.25, -0.2) is 0 Å². The summed E-state index contributed by atoms with van der Waals surface area (Å²) in [5.41, 5.74) is 2.32. The van der Waals surface area contributed by atoms with E-state index in [2.05, 4.69) is 4.90 Å². The predicted molar refractivity (Wildman–Crippen MR) is 105 cm³/mol. The first-order chi connectivity index (χ1) is 14.3. The van der Waals surface area contributed by atoms with Crippen molar-refractivity contribution in [3.63, 3.8) is 0 Å². The lowest BCUT2D eigenvalue weighted by molar-refractivity contribution is -0.152. The number of benzene rings is 2. The van der Waals surface area contributed by atoms with Gasteiger partial charge in [0.05, 0.1) is 13.7 Å². The fraction of sp³-hybridized carbons (Fsp3) is 0.409. The van der Waals surface area contributed by atoms with Crippen molar-refractivity contribution >= 4 is 11.6 Å². The van der Waals surface area contributed by atoms with E-state index in [1.165, 1.54) is 4.90 Å². The van der Waals surface area contributed by atoms with Gasteiger partial charge in [-0.05, 0) is 29.3 Å². The van der Waals surface area contributed by atoms with Gasteiger partial charge in [-0.3, -0.25) is 9.69 Å². The molecule has 0 aromatic heterocycles. The number of methoxy groups -OCH3 is 1. The maximum absolute atomic E-state index is 12.9. The Kier molecular flexibility index (Phi) is 5.46. The SMILES string of the molecule is COc1ccc(CN2[C@H](CO)[C@@H]3c4ccccc4N(C(=O)CC(F)(F)F)C[C@@H]32)cc1. The minimum atomic E-state index is -4.56. The summed E-state index contributed by atoms with van der Waals surface area (Å²) in [6.07, 6.45) is -6.04. The Morgan fingerprint density at radius 3 is 2.50 bits per heavy atom. The topological polar surface area (TPSA) is 53.0 Å². The van der Waals surface area contributed by atoms with Gasteiger partial charge in [0, 0.05) is 36.8 Å². The molecule has 0 radical (unpaired) electrons. The molecule has 1 fully saturated rings. The van der Waals surface area contributed by atoms with E-state index >= 15 is 0 Å². The van der Waals surface area contributed by atoms with E-state index in [0.29, 0.717) is 12.2 Å². The van der Waals surface area contributed by atoms with Crippen LogP contribution in [0.5, 0.6) is 5.75 Å². The summed E-state index contributed by atoms with van der Waals surface area (Å²) in [6, 6.07) is 14.3. The fourth-order valence-corrected chi connectivity index (χ4v) is 4.64. The first kappa shape index (κ1) is 20.7. The number of hydrogen-bond donors (Lipinski definition) is 1. The molecule has 0 unspecified atom stereocenters. The maximum Gasteiger partial charge on any atom is 0.397 e. The summed E-state index contributed by atoms with van der Waals surface area (Å²) in [5, 5.41) is 10.0. The Morgan fingerprint density at radius 1 is 1.17 bits per heavy atom. The number of anilines is 1. The molecular weight excluding hydrogens is 397 g/mol. The van der Waals surface area contributed by atoms with Crippen LogP contribution in [0.2, 0.25) is 0 Å². The van der Waals surface area contributed by atoms with Crippen molar-refractivity contribution in [1.82, 2.24) is 4.90 Å². The zero-order valence-electron chi connectivity index (χ0n) is 16.5. The Morgan fingerprint density at radius 2 is 1.87 bits per heavy atom. The number of likely N-dealkylation sites (tertiary alicyclic amines) is 1. The molecule has 0 spiro atoms. The molecule has 2 heterocycles. The molecule has 1 amide bonds. The highest BCUT2D eigenvalue weighted by atomic mass is 19.4. The van der Waals surface area contributed by atoms with Crippen molar-refractivity contribution in [1.29, 1.82) is 0 Å². The van der Waals surface area contributed by atoms with Crippen LogP contribution in [0.3, 0.4) is 0 Å². The lowest BCUT2D eigenvalue weighted by atomic mass is 9.71. The highest BCUT2D eigenvalue weighted by molar-refractivity contribution is 5.95. The number of alkyl halides is 3. The van der Waals surface area contributed by atoms with Gasteiger partial charge in [0.1, 0.15) is 12.2 Å². The fourth-order valence-electron chi connectivity index (χ4n) is 4.64. The van der Waals surface area contributed by atoms with E-state index < -0.39 is 18.5 Å². The second-order valence-corrected chi connectivity index (χ2v) is 7.72. The number of ether oxygens (including phenoxy) is 1. The number of hydrogen-bond acceptors (Lipinski definition) is 4. The van der Waals surface area contributed by atoms with E-state index in [0.717, 1.165) is 16.9 Å². The van der Waals surface area contributed by atoms with E-state index in [1.54, 1.807) is 19.2 Å². The molecule has 0 aliphatic carbocycles. The third kappa shape index (κ3) is 3.77. The zero-order valence-corrected chi connectivity index (χ0v) is 16.5. The van der Waals surface area contributed by atoms with Crippen molar-refractivity contribution in [2.75, 3.05) is 25.2 Å². The zero-order chi connectivity index (χ0) is 21.5. The van der Waals surface area contributed by atoms with E-state index in [9.17, 15) is 23.1 Å². The standard InChI is InChI=1S/C22H23F3N2O3/c1-30-15-8-6-14(7-9-15)11-26-18-12-27(20(29)10-22(23,24)25)17-5-3-2-4-16(17)21(18)19(26)13-28/h2-9,18-19,21,28H,10-13H2,1H3/t18-,19+,21+/m0/s1. The molecule has 3 atom stereocenters. The molecule has 5 nitrogen and oxygen atoms in total. The minimum absolute atomic E-state index is 0.0283. The van der Waals surface area contributed by atoms with Gasteiger partial charge in [-0.15, -0.1) is 0 Å². The molecule has 1 N–H and O–H groups in total. The monoisotopic (exact) mass is 420 g/mol. The normalized spacial score (nSPS) is 23.4. The number of carbonyl (C=O) groups is 1. The minimum Gasteiger partial charge on any atom is -0.497 e. The third-order valence-electron chi connectivity index (χ3n) is 6.00. The summed E-state index contributed by atoms with van der Waals surface area (Å²) in [5.74, 6) is -0.251. The highest BCUT2D eigenvalue weighted by Gasteiger charge is 2.53. The smallest absolute Gasteiger partial charge is 0.397 e. The number of nitrogens with zero attached hydrogens (tertiary/aromatic N) is 2. The van der Waals surface area contributed by atoms with Crippen molar-refractivity contribution in [3.05, 3.63) is 59.7 Å². The average molecular weight is 420 g/mol. The van der Waals surface area contributed by atoms with Gasteiger partial charge in [-0.2, -0.15) is 13.2 Å². The molecule has 2 aromatic rings. The molecule has 2 aromatic carbocycles. The summed E-state index contributed by atoms with van der Waals surface area (Å²) < 4.78 is 43.8. The number of halogens is 3. The largest absolute Gasteiger partial charge is 0.497 e. The maximum atomic E-state index is 12.9. The first-order valence-corrected chi connectivity index (χ1v) is 9.78. The molecule has 2 aliphatic rings. The van der Waals surface area contributed by atoms with Crippen molar-refractivity contribution < 1.29 is 27.8 Å². The van der Waals surface area contributed by atoms with Crippen molar-refractivity contribution in [2.24, 2.45) is 0 Å². The number of aliphatic hydroxyl groups excluding tert-OH is 1. The molecule has 160 valence electrons. The van der Waals surface area contributed by atoms with Crippen LogP contribution < -0.4 is 9.64 Å². The van der Waals surface area contributed by atoms with Crippen LogP contribution in [0.25, 0.3) is 0 Å². The summed E-state index contributed by atoms with van der Waals surface area (Å²) in [4.78, 5) is 15.8. The second-order valence-electron chi connectivity index (χ2n) is 7.72. The van der Waals surface area contributed by atoms with Crippen LogP contribution in [0, 0.1) is 0 Å². The van der Waals surface area contributed by atoms with Crippen molar-refractivity contribution in [3.8, 4) is 5.75 Å². The number of fused-ring (bicyclic) bond motifs is 3.